The highest BCUT2D eigenvalue weighted by atomic mass is 79.9. The molecule has 0 spiro atoms. The van der Waals surface area contributed by atoms with E-state index in [1.165, 1.54) is 6.92 Å². The lowest BCUT2D eigenvalue weighted by atomic mass is 10.2. The van der Waals surface area contributed by atoms with Crippen molar-refractivity contribution in [3.8, 4) is 5.75 Å². The quantitative estimate of drug-likeness (QED) is 0.881. The number of rotatable bonds is 4. The smallest absolute Gasteiger partial charge is 0.248 e. The molecule has 0 aliphatic carbocycles. The summed E-state index contributed by atoms with van der Waals surface area (Å²) in [6.45, 7) is 1.81. The predicted octanol–water partition coefficient (Wildman–Crippen LogP) is 1.45. The fourth-order valence-corrected chi connectivity index (χ4v) is 1.74. The number of methoxy groups -OCH3 is 1. The zero-order valence-corrected chi connectivity index (χ0v) is 10.7. The Bertz CT molecular complexity index is 379. The Morgan fingerprint density at radius 3 is 2.81 bits per heavy atom. The van der Waals surface area contributed by atoms with Gasteiger partial charge in [0.05, 0.1) is 11.6 Å². The number of hydrogen-bond acceptors (Lipinski definition) is 3. The van der Waals surface area contributed by atoms with Gasteiger partial charge in [0, 0.05) is 6.54 Å². The van der Waals surface area contributed by atoms with Crippen LogP contribution in [0.4, 0.5) is 0 Å². The van der Waals surface area contributed by atoms with Gasteiger partial charge in [-0.15, -0.1) is 0 Å². The molecular formula is C11H14BrNO3. The van der Waals surface area contributed by atoms with E-state index in [1.54, 1.807) is 7.11 Å². The van der Waals surface area contributed by atoms with Gasteiger partial charge in [-0.05, 0) is 40.5 Å². The molecule has 1 aromatic rings. The number of halogens is 1. The molecule has 0 heterocycles. The third kappa shape index (κ3) is 3.50. The molecule has 1 unspecified atom stereocenters. The molecule has 0 aliphatic rings. The molecule has 4 nitrogen and oxygen atoms in total. The van der Waals surface area contributed by atoms with Crippen LogP contribution in [0.3, 0.4) is 0 Å². The van der Waals surface area contributed by atoms with Crippen LogP contribution >= 0.6 is 15.9 Å². The lowest BCUT2D eigenvalue weighted by Gasteiger charge is -2.09. The van der Waals surface area contributed by atoms with Crippen LogP contribution in [-0.4, -0.2) is 24.2 Å². The first kappa shape index (κ1) is 13.0. The number of ether oxygens (including phenoxy) is 1. The summed E-state index contributed by atoms with van der Waals surface area (Å²) in [6, 6.07) is 5.53. The summed E-state index contributed by atoms with van der Waals surface area (Å²) in [6.07, 6.45) is -0.985. The number of aliphatic hydroxyl groups is 1. The Kier molecular flexibility index (Phi) is 4.76. The van der Waals surface area contributed by atoms with Gasteiger partial charge in [-0.1, -0.05) is 6.07 Å². The van der Waals surface area contributed by atoms with Gasteiger partial charge in [0.25, 0.3) is 0 Å². The van der Waals surface area contributed by atoms with Gasteiger partial charge >= 0.3 is 0 Å². The molecule has 5 heteroatoms. The second kappa shape index (κ2) is 5.86. The second-order valence-electron chi connectivity index (χ2n) is 3.36. The fourth-order valence-electron chi connectivity index (χ4n) is 1.16. The van der Waals surface area contributed by atoms with E-state index >= 15 is 0 Å². The average molecular weight is 288 g/mol. The first-order valence-corrected chi connectivity index (χ1v) is 5.62. The van der Waals surface area contributed by atoms with Crippen molar-refractivity contribution in [2.24, 2.45) is 0 Å². The summed E-state index contributed by atoms with van der Waals surface area (Å²) in [4.78, 5) is 11.1. The minimum Gasteiger partial charge on any atom is -0.496 e. The van der Waals surface area contributed by atoms with Gasteiger partial charge in [-0.2, -0.15) is 0 Å². The molecule has 0 bridgehead atoms. The number of hydrogen-bond donors (Lipinski definition) is 2. The number of carbonyl (C=O) groups excluding carboxylic acids is 1. The van der Waals surface area contributed by atoms with Crippen molar-refractivity contribution >= 4 is 21.8 Å². The lowest BCUT2D eigenvalue weighted by Crippen LogP contribution is -2.31. The Morgan fingerprint density at radius 1 is 1.62 bits per heavy atom. The van der Waals surface area contributed by atoms with Gasteiger partial charge in [-0.3, -0.25) is 4.79 Å². The van der Waals surface area contributed by atoms with E-state index < -0.39 is 6.10 Å². The summed E-state index contributed by atoms with van der Waals surface area (Å²) < 4.78 is 5.92. The highest BCUT2D eigenvalue weighted by Crippen LogP contribution is 2.25. The summed E-state index contributed by atoms with van der Waals surface area (Å²) in [5, 5.41) is 11.6. The fraction of sp³-hybridized carbons (Fsp3) is 0.364. The van der Waals surface area contributed by atoms with Crippen molar-refractivity contribution in [3.05, 3.63) is 28.2 Å². The summed E-state index contributed by atoms with van der Waals surface area (Å²) >= 11 is 3.36. The molecule has 0 saturated heterocycles. The first-order valence-electron chi connectivity index (χ1n) is 4.82. The van der Waals surface area contributed by atoms with Gasteiger partial charge in [-0.25, -0.2) is 0 Å². The van der Waals surface area contributed by atoms with Crippen LogP contribution in [-0.2, 0) is 11.3 Å². The normalized spacial score (nSPS) is 12.0. The van der Waals surface area contributed by atoms with E-state index in [4.69, 9.17) is 9.84 Å². The molecule has 16 heavy (non-hydrogen) atoms. The monoisotopic (exact) mass is 287 g/mol. The number of benzene rings is 1. The molecule has 0 saturated carbocycles. The van der Waals surface area contributed by atoms with Crippen LogP contribution < -0.4 is 10.1 Å². The molecule has 1 atom stereocenters. The predicted molar refractivity (Wildman–Crippen MR) is 64.2 cm³/mol. The molecule has 88 valence electrons. The van der Waals surface area contributed by atoms with Gasteiger partial charge in [0.1, 0.15) is 11.9 Å². The maximum atomic E-state index is 11.1. The van der Waals surface area contributed by atoms with Crippen molar-refractivity contribution in [3.63, 3.8) is 0 Å². The zero-order valence-electron chi connectivity index (χ0n) is 9.16. The SMILES string of the molecule is COc1ccc(CNC(=O)C(C)O)cc1Br. The van der Waals surface area contributed by atoms with Gasteiger partial charge in [0.15, 0.2) is 0 Å². The molecular weight excluding hydrogens is 274 g/mol. The van der Waals surface area contributed by atoms with Crippen LogP contribution in [0.1, 0.15) is 12.5 Å². The second-order valence-corrected chi connectivity index (χ2v) is 4.22. The first-order chi connectivity index (χ1) is 7.54. The summed E-state index contributed by atoms with van der Waals surface area (Å²) in [5.74, 6) is 0.359. The highest BCUT2D eigenvalue weighted by molar-refractivity contribution is 9.10. The maximum Gasteiger partial charge on any atom is 0.248 e. The van der Waals surface area contributed by atoms with E-state index in [9.17, 15) is 4.79 Å². The largest absolute Gasteiger partial charge is 0.496 e. The number of nitrogens with one attached hydrogen (secondary N) is 1. The van der Waals surface area contributed by atoms with Crippen molar-refractivity contribution in [2.45, 2.75) is 19.6 Å². The highest BCUT2D eigenvalue weighted by Gasteiger charge is 2.08. The van der Waals surface area contributed by atoms with Crippen LogP contribution in [0, 0.1) is 0 Å². The van der Waals surface area contributed by atoms with Crippen molar-refractivity contribution in [2.75, 3.05) is 7.11 Å². The standard InChI is InChI=1S/C11H14BrNO3/c1-7(14)11(15)13-6-8-3-4-10(16-2)9(12)5-8/h3-5,7,14H,6H2,1-2H3,(H,13,15). The molecule has 1 amide bonds. The Balaban J connectivity index is 2.62. The number of carbonyl (C=O) groups is 1. The van der Waals surface area contributed by atoms with E-state index in [1.807, 2.05) is 18.2 Å². The Labute approximate surface area is 103 Å². The molecule has 1 aromatic carbocycles. The van der Waals surface area contributed by atoms with Gasteiger partial charge < -0.3 is 15.2 Å². The summed E-state index contributed by atoms with van der Waals surface area (Å²) in [7, 11) is 1.59. The Hall–Kier alpha value is -1.07. The third-order valence-electron chi connectivity index (χ3n) is 2.06. The molecule has 2 N–H and O–H groups in total. The number of aliphatic hydroxyl groups excluding tert-OH is 1. The molecule has 1 rings (SSSR count). The topological polar surface area (TPSA) is 58.6 Å². The van der Waals surface area contributed by atoms with Gasteiger partial charge in [0.2, 0.25) is 5.91 Å². The molecule has 0 fully saturated rings. The van der Waals surface area contributed by atoms with Crippen LogP contribution in [0.15, 0.2) is 22.7 Å². The van der Waals surface area contributed by atoms with E-state index in [0.717, 1.165) is 15.8 Å². The summed E-state index contributed by atoms with van der Waals surface area (Å²) in [5.41, 5.74) is 0.932. The van der Waals surface area contributed by atoms with Crippen LogP contribution in [0.5, 0.6) is 5.75 Å². The van der Waals surface area contributed by atoms with Crippen molar-refractivity contribution in [1.82, 2.24) is 5.32 Å². The molecule has 0 aromatic heterocycles. The average Bonchev–Trinajstić information content (AvgIpc) is 2.25. The molecule has 0 aliphatic heterocycles. The Morgan fingerprint density at radius 2 is 2.31 bits per heavy atom. The van der Waals surface area contributed by atoms with E-state index in [-0.39, 0.29) is 5.91 Å². The zero-order chi connectivity index (χ0) is 12.1. The van der Waals surface area contributed by atoms with Crippen molar-refractivity contribution in [1.29, 1.82) is 0 Å². The van der Waals surface area contributed by atoms with Crippen LogP contribution in [0.2, 0.25) is 0 Å². The van der Waals surface area contributed by atoms with Crippen LogP contribution in [0.25, 0.3) is 0 Å². The maximum absolute atomic E-state index is 11.1. The van der Waals surface area contributed by atoms with E-state index in [0.29, 0.717) is 6.54 Å². The lowest BCUT2D eigenvalue weighted by molar-refractivity contribution is -0.128. The number of amides is 1. The van der Waals surface area contributed by atoms with E-state index in [2.05, 4.69) is 21.2 Å². The minimum absolute atomic E-state index is 0.381. The molecule has 0 radical (unpaired) electrons. The third-order valence-corrected chi connectivity index (χ3v) is 2.68. The van der Waals surface area contributed by atoms with Crippen molar-refractivity contribution < 1.29 is 14.6 Å². The minimum atomic E-state index is -0.985.